The molecule has 4 heteroatoms. The predicted molar refractivity (Wildman–Crippen MR) is 61.1 cm³/mol. The molecular weight excluding hydrogens is 192 g/mol. The summed E-state index contributed by atoms with van der Waals surface area (Å²) < 4.78 is 5.48. The Bertz CT molecular complexity index is 175. The maximum absolute atomic E-state index is 5.48. The van der Waals surface area contributed by atoms with Crippen molar-refractivity contribution in [3.05, 3.63) is 0 Å². The lowest BCUT2D eigenvalue weighted by molar-refractivity contribution is -0.0301. The summed E-state index contributed by atoms with van der Waals surface area (Å²) in [6, 6.07) is 0. The van der Waals surface area contributed by atoms with Gasteiger partial charge in [-0.3, -0.25) is 0 Å². The molecule has 0 radical (unpaired) electrons. The Hall–Kier alpha value is -0.610. The summed E-state index contributed by atoms with van der Waals surface area (Å²) in [5, 5.41) is 7.22. The lowest BCUT2D eigenvalue weighted by atomic mass is 10.1. The van der Waals surface area contributed by atoms with Crippen LogP contribution in [0.2, 0.25) is 0 Å². The molecule has 1 aliphatic rings. The van der Waals surface area contributed by atoms with Crippen LogP contribution in [-0.2, 0) is 9.57 Å². The van der Waals surface area contributed by atoms with Gasteiger partial charge in [-0.15, -0.1) is 0 Å². The van der Waals surface area contributed by atoms with Crippen LogP contribution in [0.1, 0.15) is 26.7 Å². The average Bonchev–Trinajstić information content (AvgIpc) is 2.31. The summed E-state index contributed by atoms with van der Waals surface area (Å²) in [7, 11) is 0. The zero-order valence-electron chi connectivity index (χ0n) is 9.74. The van der Waals surface area contributed by atoms with Crippen LogP contribution in [0.15, 0.2) is 5.16 Å². The molecule has 0 aromatic heterocycles. The largest absolute Gasteiger partial charge is 0.393 e. The first-order valence-electron chi connectivity index (χ1n) is 5.84. The number of hydrogen-bond acceptors (Lipinski definition) is 4. The van der Waals surface area contributed by atoms with Crippen molar-refractivity contribution in [2.45, 2.75) is 32.8 Å². The molecule has 1 rings (SSSR count). The molecule has 1 saturated heterocycles. The molecule has 1 unspecified atom stereocenters. The molecule has 0 amide bonds. The smallest absolute Gasteiger partial charge is 0.144 e. The van der Waals surface area contributed by atoms with Crippen LogP contribution in [0.3, 0.4) is 0 Å². The van der Waals surface area contributed by atoms with Crippen LogP contribution >= 0.6 is 0 Å². The molecule has 0 aliphatic carbocycles. The predicted octanol–water partition coefficient (Wildman–Crippen LogP) is 1.41. The highest BCUT2D eigenvalue weighted by molar-refractivity contribution is 5.59. The van der Waals surface area contributed by atoms with Crippen molar-refractivity contribution in [1.29, 1.82) is 0 Å². The van der Waals surface area contributed by atoms with Crippen LogP contribution in [-0.4, -0.2) is 38.6 Å². The van der Waals surface area contributed by atoms with E-state index in [1.807, 2.05) is 6.21 Å². The lowest BCUT2D eigenvalue weighted by Crippen LogP contribution is -2.40. The molecule has 0 saturated carbocycles. The fourth-order valence-corrected chi connectivity index (χ4v) is 1.48. The minimum absolute atomic E-state index is 0.151. The highest BCUT2D eigenvalue weighted by Crippen LogP contribution is 2.04. The van der Waals surface area contributed by atoms with Crippen LogP contribution in [0.25, 0.3) is 0 Å². The van der Waals surface area contributed by atoms with E-state index in [9.17, 15) is 0 Å². The molecule has 1 fully saturated rings. The number of oxime groups is 1. The first-order chi connectivity index (χ1) is 7.36. The first kappa shape index (κ1) is 12.5. The molecule has 1 N–H and O–H groups in total. The summed E-state index contributed by atoms with van der Waals surface area (Å²) in [4.78, 5) is 5.21. The third-order valence-electron chi connectivity index (χ3n) is 2.66. The Balaban J connectivity index is 2.08. The van der Waals surface area contributed by atoms with Gasteiger partial charge in [0.15, 0.2) is 0 Å². The summed E-state index contributed by atoms with van der Waals surface area (Å²) in [6.07, 6.45) is 4.28. The SMILES string of the molecule is CCC(/C=N/OCC1CNCCO1)CC. The first-order valence-corrected chi connectivity index (χ1v) is 5.84. The molecule has 1 atom stereocenters. The van der Waals surface area contributed by atoms with Crippen LogP contribution in [0.4, 0.5) is 0 Å². The van der Waals surface area contributed by atoms with Gasteiger partial charge in [-0.2, -0.15) is 0 Å². The van der Waals surface area contributed by atoms with Gasteiger partial charge in [0, 0.05) is 19.3 Å². The molecule has 1 aliphatic heterocycles. The van der Waals surface area contributed by atoms with Gasteiger partial charge in [0.25, 0.3) is 0 Å². The highest BCUT2D eigenvalue weighted by atomic mass is 16.6. The minimum atomic E-state index is 0.151. The van der Waals surface area contributed by atoms with E-state index in [0.29, 0.717) is 12.5 Å². The third kappa shape index (κ3) is 5.14. The summed E-state index contributed by atoms with van der Waals surface area (Å²) in [5.41, 5.74) is 0. The summed E-state index contributed by atoms with van der Waals surface area (Å²) in [5.74, 6) is 0.537. The molecular formula is C11H22N2O2. The van der Waals surface area contributed by atoms with Gasteiger partial charge in [0.1, 0.15) is 12.7 Å². The standard InChI is InChI=1S/C11H22N2O2/c1-3-10(4-2)7-13-15-9-11-8-12-5-6-14-11/h7,10-12H,3-6,8-9H2,1-2H3/b13-7+. The van der Waals surface area contributed by atoms with Crippen molar-refractivity contribution in [3.8, 4) is 0 Å². The van der Waals surface area contributed by atoms with Gasteiger partial charge in [-0.1, -0.05) is 19.0 Å². The van der Waals surface area contributed by atoms with E-state index >= 15 is 0 Å². The maximum atomic E-state index is 5.48. The Kier molecular flexibility index (Phi) is 6.36. The second-order valence-electron chi connectivity index (χ2n) is 3.82. The lowest BCUT2D eigenvalue weighted by Gasteiger charge is -2.22. The third-order valence-corrected chi connectivity index (χ3v) is 2.66. The molecule has 4 nitrogen and oxygen atoms in total. The monoisotopic (exact) mass is 214 g/mol. The van der Waals surface area contributed by atoms with Gasteiger partial charge in [-0.25, -0.2) is 0 Å². The quantitative estimate of drug-likeness (QED) is 0.537. The zero-order valence-corrected chi connectivity index (χ0v) is 9.74. The van der Waals surface area contributed by atoms with E-state index in [1.54, 1.807) is 0 Å². The summed E-state index contributed by atoms with van der Waals surface area (Å²) in [6.45, 7) is 7.44. The van der Waals surface area contributed by atoms with Crippen LogP contribution in [0.5, 0.6) is 0 Å². The van der Waals surface area contributed by atoms with Crippen molar-refractivity contribution in [2.75, 3.05) is 26.3 Å². The molecule has 0 aromatic carbocycles. The molecule has 0 spiro atoms. The normalized spacial score (nSPS) is 22.5. The van der Waals surface area contributed by atoms with E-state index in [0.717, 1.165) is 32.5 Å². The molecule has 1 heterocycles. The Morgan fingerprint density at radius 1 is 1.53 bits per heavy atom. The molecule has 0 aromatic rings. The fourth-order valence-electron chi connectivity index (χ4n) is 1.48. The number of rotatable bonds is 6. The average molecular weight is 214 g/mol. The van der Waals surface area contributed by atoms with E-state index in [1.165, 1.54) is 0 Å². The van der Waals surface area contributed by atoms with E-state index in [4.69, 9.17) is 9.57 Å². The van der Waals surface area contributed by atoms with Crippen molar-refractivity contribution in [3.63, 3.8) is 0 Å². The van der Waals surface area contributed by atoms with Crippen molar-refractivity contribution >= 4 is 6.21 Å². The van der Waals surface area contributed by atoms with Gasteiger partial charge < -0.3 is 14.9 Å². The van der Waals surface area contributed by atoms with Gasteiger partial charge in [0.2, 0.25) is 0 Å². The number of morpholine rings is 1. The topological polar surface area (TPSA) is 42.8 Å². The van der Waals surface area contributed by atoms with Crippen LogP contribution in [0, 0.1) is 5.92 Å². The second-order valence-corrected chi connectivity index (χ2v) is 3.82. The van der Waals surface area contributed by atoms with Gasteiger partial charge in [-0.05, 0) is 18.8 Å². The fraction of sp³-hybridized carbons (Fsp3) is 0.909. The van der Waals surface area contributed by atoms with Gasteiger partial charge >= 0.3 is 0 Å². The highest BCUT2D eigenvalue weighted by Gasteiger charge is 2.13. The Morgan fingerprint density at radius 2 is 2.33 bits per heavy atom. The Morgan fingerprint density at radius 3 is 2.93 bits per heavy atom. The Labute approximate surface area is 92.0 Å². The maximum Gasteiger partial charge on any atom is 0.144 e. The number of hydrogen-bond donors (Lipinski definition) is 1. The van der Waals surface area contributed by atoms with Crippen molar-refractivity contribution < 1.29 is 9.57 Å². The summed E-state index contributed by atoms with van der Waals surface area (Å²) >= 11 is 0. The minimum Gasteiger partial charge on any atom is -0.393 e. The van der Waals surface area contributed by atoms with E-state index in [2.05, 4.69) is 24.3 Å². The number of nitrogens with zero attached hydrogens (tertiary/aromatic N) is 1. The van der Waals surface area contributed by atoms with E-state index < -0.39 is 0 Å². The molecule has 88 valence electrons. The van der Waals surface area contributed by atoms with E-state index in [-0.39, 0.29) is 6.10 Å². The second kappa shape index (κ2) is 7.65. The number of nitrogens with one attached hydrogen (secondary N) is 1. The molecule has 15 heavy (non-hydrogen) atoms. The number of ether oxygens (including phenoxy) is 1. The zero-order chi connectivity index (χ0) is 10.9. The van der Waals surface area contributed by atoms with Gasteiger partial charge in [0.05, 0.1) is 6.61 Å². The van der Waals surface area contributed by atoms with Crippen LogP contribution < -0.4 is 5.32 Å². The molecule has 0 bridgehead atoms. The van der Waals surface area contributed by atoms with Crippen molar-refractivity contribution in [2.24, 2.45) is 11.1 Å². The van der Waals surface area contributed by atoms with Crippen molar-refractivity contribution in [1.82, 2.24) is 5.32 Å².